The molecular formula is C24H25N3O5S. The summed E-state index contributed by atoms with van der Waals surface area (Å²) >= 11 is 0. The fraction of sp³-hybridized carbons (Fsp3) is 0.250. The lowest BCUT2D eigenvalue weighted by atomic mass is 10.1. The summed E-state index contributed by atoms with van der Waals surface area (Å²) in [5.41, 5.74) is 1.05. The molecule has 4 rings (SSSR count). The molecule has 1 aromatic heterocycles. The van der Waals surface area contributed by atoms with Gasteiger partial charge in [-0.25, -0.2) is 8.42 Å². The van der Waals surface area contributed by atoms with Crippen molar-refractivity contribution in [2.75, 3.05) is 32.8 Å². The number of carbonyl (C=O) groups excluding carboxylic acids is 1. The standard InChI is InChI=1S/C24H25N3O5S/c1-2-32-19-8-10-20(11-9-19)33(30,31)27-16-14-26(15-17-27)24(29)21-12-13-22(25-23(21)28)18-6-4-3-5-7-18/h3-13H,2,14-17H2,1H3,(H,25,28). The van der Waals surface area contributed by atoms with Gasteiger partial charge in [0.25, 0.3) is 11.5 Å². The molecule has 0 atom stereocenters. The molecular weight excluding hydrogens is 442 g/mol. The van der Waals surface area contributed by atoms with Gasteiger partial charge < -0.3 is 14.6 Å². The van der Waals surface area contributed by atoms with E-state index >= 15 is 0 Å². The highest BCUT2D eigenvalue weighted by molar-refractivity contribution is 7.89. The number of piperazine rings is 1. The van der Waals surface area contributed by atoms with Gasteiger partial charge in [0.1, 0.15) is 11.3 Å². The summed E-state index contributed by atoms with van der Waals surface area (Å²) < 4.78 is 32.6. The average Bonchev–Trinajstić information content (AvgIpc) is 2.85. The third-order valence-corrected chi connectivity index (χ3v) is 7.44. The molecule has 8 nitrogen and oxygen atoms in total. The number of amides is 1. The van der Waals surface area contributed by atoms with E-state index in [-0.39, 0.29) is 36.6 Å². The zero-order valence-corrected chi connectivity index (χ0v) is 19.0. The number of H-pyrrole nitrogens is 1. The van der Waals surface area contributed by atoms with Gasteiger partial charge in [-0.1, -0.05) is 30.3 Å². The molecule has 0 radical (unpaired) electrons. The predicted molar refractivity (Wildman–Crippen MR) is 125 cm³/mol. The number of rotatable bonds is 6. The van der Waals surface area contributed by atoms with E-state index < -0.39 is 21.5 Å². The molecule has 2 aromatic carbocycles. The van der Waals surface area contributed by atoms with Crippen molar-refractivity contribution < 1.29 is 17.9 Å². The van der Waals surface area contributed by atoms with E-state index in [1.807, 2.05) is 37.3 Å². The van der Waals surface area contributed by atoms with E-state index in [4.69, 9.17) is 4.74 Å². The maximum Gasteiger partial charge on any atom is 0.261 e. The first kappa shape index (κ1) is 22.8. The normalized spacial score (nSPS) is 14.8. The lowest BCUT2D eigenvalue weighted by molar-refractivity contribution is 0.0696. The Morgan fingerprint density at radius 2 is 1.61 bits per heavy atom. The Hall–Kier alpha value is -3.43. The molecule has 3 aromatic rings. The van der Waals surface area contributed by atoms with Crippen molar-refractivity contribution in [2.24, 2.45) is 0 Å². The second-order valence-corrected chi connectivity index (χ2v) is 9.52. The molecule has 172 valence electrons. The third kappa shape index (κ3) is 4.84. The molecule has 33 heavy (non-hydrogen) atoms. The van der Waals surface area contributed by atoms with Gasteiger partial charge in [-0.05, 0) is 48.9 Å². The van der Waals surface area contributed by atoms with Crippen molar-refractivity contribution in [3.8, 4) is 17.0 Å². The van der Waals surface area contributed by atoms with Crippen molar-refractivity contribution >= 4 is 15.9 Å². The van der Waals surface area contributed by atoms with Gasteiger partial charge in [-0.15, -0.1) is 0 Å². The zero-order chi connectivity index (χ0) is 23.4. The van der Waals surface area contributed by atoms with E-state index in [1.165, 1.54) is 27.4 Å². The average molecular weight is 468 g/mol. The fourth-order valence-electron chi connectivity index (χ4n) is 3.75. The number of carbonyl (C=O) groups is 1. The number of hydrogen-bond donors (Lipinski definition) is 1. The van der Waals surface area contributed by atoms with Crippen LogP contribution in [0.1, 0.15) is 17.3 Å². The lowest BCUT2D eigenvalue weighted by Crippen LogP contribution is -2.51. The highest BCUT2D eigenvalue weighted by Crippen LogP contribution is 2.21. The van der Waals surface area contributed by atoms with Crippen LogP contribution in [0.3, 0.4) is 0 Å². The Morgan fingerprint density at radius 3 is 2.21 bits per heavy atom. The molecule has 1 saturated heterocycles. The molecule has 0 bridgehead atoms. The van der Waals surface area contributed by atoms with Gasteiger partial charge >= 0.3 is 0 Å². The van der Waals surface area contributed by atoms with Crippen LogP contribution in [0.15, 0.2) is 76.4 Å². The first-order valence-corrected chi connectivity index (χ1v) is 12.1. The van der Waals surface area contributed by atoms with Gasteiger partial charge in [-0.3, -0.25) is 9.59 Å². The molecule has 0 aliphatic carbocycles. The quantitative estimate of drug-likeness (QED) is 0.601. The minimum Gasteiger partial charge on any atom is -0.494 e. The zero-order valence-electron chi connectivity index (χ0n) is 18.2. The highest BCUT2D eigenvalue weighted by atomic mass is 32.2. The largest absolute Gasteiger partial charge is 0.494 e. The minimum atomic E-state index is -3.68. The molecule has 1 aliphatic rings. The molecule has 1 N–H and O–H groups in total. The van der Waals surface area contributed by atoms with Crippen molar-refractivity contribution in [1.82, 2.24) is 14.2 Å². The molecule has 0 saturated carbocycles. The number of benzene rings is 2. The summed E-state index contributed by atoms with van der Waals surface area (Å²) in [6.45, 7) is 3.07. The topological polar surface area (TPSA) is 99.8 Å². The molecule has 0 unspecified atom stereocenters. The summed E-state index contributed by atoms with van der Waals surface area (Å²) in [5.74, 6) is 0.198. The van der Waals surface area contributed by atoms with Crippen LogP contribution in [0.25, 0.3) is 11.3 Å². The maximum absolute atomic E-state index is 13.0. The number of ether oxygens (including phenoxy) is 1. The van der Waals surface area contributed by atoms with Gasteiger partial charge in [0, 0.05) is 31.9 Å². The summed E-state index contributed by atoms with van der Waals surface area (Å²) in [7, 11) is -3.68. The van der Waals surface area contributed by atoms with Crippen molar-refractivity contribution in [1.29, 1.82) is 0 Å². The number of hydrogen-bond acceptors (Lipinski definition) is 5. The van der Waals surface area contributed by atoms with Crippen molar-refractivity contribution in [2.45, 2.75) is 11.8 Å². The molecule has 9 heteroatoms. The Kier molecular flexibility index (Phi) is 6.62. The third-order valence-electron chi connectivity index (χ3n) is 5.52. The highest BCUT2D eigenvalue weighted by Gasteiger charge is 2.31. The van der Waals surface area contributed by atoms with Gasteiger partial charge in [0.2, 0.25) is 10.0 Å². The van der Waals surface area contributed by atoms with Crippen molar-refractivity contribution in [3.63, 3.8) is 0 Å². The van der Waals surface area contributed by atoms with Gasteiger partial charge in [0.15, 0.2) is 0 Å². The van der Waals surface area contributed by atoms with Crippen LogP contribution < -0.4 is 10.3 Å². The van der Waals surface area contributed by atoms with Crippen LogP contribution in [0, 0.1) is 0 Å². The monoisotopic (exact) mass is 467 g/mol. The molecule has 1 amide bonds. The number of nitrogens with one attached hydrogen (secondary N) is 1. The maximum atomic E-state index is 13.0. The molecule has 1 fully saturated rings. The van der Waals surface area contributed by atoms with Crippen LogP contribution in [-0.2, 0) is 10.0 Å². The molecule has 0 spiro atoms. The van der Waals surface area contributed by atoms with E-state index in [1.54, 1.807) is 18.2 Å². The van der Waals surface area contributed by atoms with Crippen LogP contribution in [0.5, 0.6) is 5.75 Å². The second-order valence-electron chi connectivity index (χ2n) is 7.58. The number of nitrogens with zero attached hydrogens (tertiary/aromatic N) is 2. The van der Waals surface area contributed by atoms with Crippen LogP contribution in [0.4, 0.5) is 0 Å². The Balaban J connectivity index is 1.43. The van der Waals surface area contributed by atoms with E-state index in [2.05, 4.69) is 4.98 Å². The summed E-state index contributed by atoms with van der Waals surface area (Å²) in [4.78, 5) is 29.9. The van der Waals surface area contributed by atoms with Crippen molar-refractivity contribution in [3.05, 3.63) is 82.6 Å². The van der Waals surface area contributed by atoms with Gasteiger partial charge in [-0.2, -0.15) is 4.31 Å². The smallest absolute Gasteiger partial charge is 0.261 e. The number of aromatic nitrogens is 1. The summed E-state index contributed by atoms with van der Waals surface area (Å²) in [6.07, 6.45) is 0. The Labute approximate surface area is 192 Å². The molecule has 1 aliphatic heterocycles. The number of pyridine rings is 1. The Bertz CT molecular complexity index is 1280. The summed E-state index contributed by atoms with van der Waals surface area (Å²) in [5, 5.41) is 0. The predicted octanol–water partition coefficient (Wildman–Crippen LogP) is 2.59. The fourth-order valence-corrected chi connectivity index (χ4v) is 5.18. The van der Waals surface area contributed by atoms with Gasteiger partial charge in [0.05, 0.1) is 11.5 Å². The van der Waals surface area contributed by atoms with E-state index in [0.29, 0.717) is 18.1 Å². The second kappa shape index (κ2) is 9.60. The van der Waals surface area contributed by atoms with E-state index in [0.717, 1.165) is 5.56 Å². The summed E-state index contributed by atoms with van der Waals surface area (Å²) in [6, 6.07) is 18.9. The first-order chi connectivity index (χ1) is 15.9. The van der Waals surface area contributed by atoms with Crippen LogP contribution in [-0.4, -0.2) is 61.3 Å². The number of aromatic amines is 1. The SMILES string of the molecule is CCOc1ccc(S(=O)(=O)N2CCN(C(=O)c3ccc(-c4ccccc4)[nH]c3=O)CC2)cc1. The lowest BCUT2D eigenvalue weighted by Gasteiger charge is -2.34. The van der Waals surface area contributed by atoms with Crippen LogP contribution >= 0.6 is 0 Å². The minimum absolute atomic E-state index is 0.0394. The first-order valence-electron chi connectivity index (χ1n) is 10.7. The molecule has 2 heterocycles. The van der Waals surface area contributed by atoms with E-state index in [9.17, 15) is 18.0 Å². The van der Waals surface area contributed by atoms with Crippen LogP contribution in [0.2, 0.25) is 0 Å². The Morgan fingerprint density at radius 1 is 0.939 bits per heavy atom. The number of sulfonamides is 1.